The zero-order valence-electron chi connectivity index (χ0n) is 11.7. The molecule has 0 unspecified atom stereocenters. The molecule has 0 aliphatic heterocycles. The van der Waals surface area contributed by atoms with E-state index in [1.807, 2.05) is 12.3 Å². The summed E-state index contributed by atoms with van der Waals surface area (Å²) >= 11 is 1.61. The molecule has 1 N–H and O–H groups in total. The lowest BCUT2D eigenvalue weighted by atomic mass is 10.5. The van der Waals surface area contributed by atoms with E-state index < -0.39 is 10.0 Å². The predicted octanol–water partition coefficient (Wildman–Crippen LogP) is 1.36. The first kappa shape index (κ1) is 15.1. The maximum absolute atomic E-state index is 12.7. The Morgan fingerprint density at radius 1 is 1.45 bits per heavy atom. The lowest BCUT2D eigenvalue weighted by Crippen LogP contribution is -2.30. The number of sulfonamides is 1. The molecule has 0 aliphatic carbocycles. The fourth-order valence-electron chi connectivity index (χ4n) is 1.87. The summed E-state index contributed by atoms with van der Waals surface area (Å²) in [4.78, 5) is 4.30. The predicted molar refractivity (Wildman–Crippen MR) is 82.9 cm³/mol. The summed E-state index contributed by atoms with van der Waals surface area (Å²) in [5.41, 5.74) is 0.605. The van der Waals surface area contributed by atoms with Crippen molar-refractivity contribution in [1.29, 1.82) is 0 Å². The molecule has 0 aliphatic rings. The molecule has 0 saturated heterocycles. The van der Waals surface area contributed by atoms with Gasteiger partial charge in [-0.25, -0.2) is 13.4 Å². The highest BCUT2D eigenvalue weighted by Crippen LogP contribution is 2.25. The van der Waals surface area contributed by atoms with E-state index in [2.05, 4.69) is 10.3 Å². The summed E-state index contributed by atoms with van der Waals surface area (Å²) in [6.07, 6.45) is 3.66. The standard InChI is InChI=1S/C12H18N4O2S2/c1-13-11-12(16-7-5-4-6-10(16)14-11)20(17,18)15(2)8-9-19-3/h4-7,13H,8-9H2,1-3H3. The summed E-state index contributed by atoms with van der Waals surface area (Å²) in [7, 11) is -0.319. The maximum atomic E-state index is 12.7. The highest BCUT2D eigenvalue weighted by molar-refractivity contribution is 7.98. The summed E-state index contributed by atoms with van der Waals surface area (Å²) in [6.45, 7) is 0.465. The largest absolute Gasteiger partial charge is 0.371 e. The van der Waals surface area contributed by atoms with Crippen molar-refractivity contribution in [2.45, 2.75) is 5.03 Å². The molecule has 0 atom stereocenters. The number of anilines is 1. The van der Waals surface area contributed by atoms with Crippen molar-refractivity contribution < 1.29 is 8.42 Å². The molecule has 2 rings (SSSR count). The van der Waals surface area contributed by atoms with E-state index in [4.69, 9.17) is 0 Å². The van der Waals surface area contributed by atoms with Crippen LogP contribution in [0.1, 0.15) is 0 Å². The van der Waals surface area contributed by atoms with Crippen molar-refractivity contribution in [1.82, 2.24) is 13.7 Å². The number of pyridine rings is 1. The van der Waals surface area contributed by atoms with Crippen molar-refractivity contribution in [3.8, 4) is 0 Å². The Morgan fingerprint density at radius 3 is 2.85 bits per heavy atom. The van der Waals surface area contributed by atoms with E-state index >= 15 is 0 Å². The van der Waals surface area contributed by atoms with Gasteiger partial charge >= 0.3 is 0 Å². The molecule has 0 fully saturated rings. The van der Waals surface area contributed by atoms with Crippen LogP contribution in [0.15, 0.2) is 29.4 Å². The Labute approximate surface area is 123 Å². The minimum Gasteiger partial charge on any atom is -0.371 e. The highest BCUT2D eigenvalue weighted by Gasteiger charge is 2.28. The Kier molecular flexibility index (Phi) is 4.56. The average Bonchev–Trinajstić information content (AvgIpc) is 2.83. The summed E-state index contributed by atoms with van der Waals surface area (Å²) in [5, 5.41) is 3.04. The van der Waals surface area contributed by atoms with Gasteiger partial charge in [0.05, 0.1) is 0 Å². The van der Waals surface area contributed by atoms with Crippen LogP contribution >= 0.6 is 11.8 Å². The van der Waals surface area contributed by atoms with Gasteiger partial charge < -0.3 is 5.32 Å². The van der Waals surface area contributed by atoms with Gasteiger partial charge in [0.2, 0.25) is 0 Å². The van der Waals surface area contributed by atoms with Gasteiger partial charge in [0.25, 0.3) is 10.0 Å². The molecule has 0 bridgehead atoms. The lowest BCUT2D eigenvalue weighted by Gasteiger charge is -2.17. The van der Waals surface area contributed by atoms with Crippen LogP contribution in [-0.4, -0.2) is 54.8 Å². The van der Waals surface area contributed by atoms with Crippen molar-refractivity contribution >= 4 is 33.3 Å². The number of thioether (sulfide) groups is 1. The van der Waals surface area contributed by atoms with E-state index in [0.29, 0.717) is 18.0 Å². The van der Waals surface area contributed by atoms with E-state index in [1.165, 1.54) is 4.31 Å². The van der Waals surface area contributed by atoms with Gasteiger partial charge in [-0.2, -0.15) is 16.1 Å². The third-order valence-electron chi connectivity index (χ3n) is 2.99. The SMILES string of the molecule is CNc1nc2ccccn2c1S(=O)(=O)N(C)CCSC. The van der Waals surface area contributed by atoms with Crippen molar-refractivity contribution in [3.05, 3.63) is 24.4 Å². The summed E-state index contributed by atoms with van der Waals surface area (Å²) in [5.74, 6) is 1.12. The van der Waals surface area contributed by atoms with Crippen LogP contribution in [0.25, 0.3) is 5.65 Å². The van der Waals surface area contributed by atoms with Gasteiger partial charge in [-0.15, -0.1) is 0 Å². The minimum atomic E-state index is -3.58. The highest BCUT2D eigenvalue weighted by atomic mass is 32.2. The van der Waals surface area contributed by atoms with Gasteiger partial charge in [-0.05, 0) is 18.4 Å². The first-order chi connectivity index (χ1) is 9.52. The van der Waals surface area contributed by atoms with Gasteiger partial charge in [0, 0.05) is 32.6 Å². The lowest BCUT2D eigenvalue weighted by molar-refractivity contribution is 0.485. The summed E-state index contributed by atoms with van der Waals surface area (Å²) in [6, 6.07) is 5.40. The number of nitrogens with one attached hydrogen (secondary N) is 1. The first-order valence-electron chi connectivity index (χ1n) is 6.12. The minimum absolute atomic E-state index is 0.180. The molecule has 2 heterocycles. The molecule has 2 aromatic heterocycles. The van der Waals surface area contributed by atoms with Gasteiger partial charge in [0.1, 0.15) is 5.65 Å². The van der Waals surface area contributed by atoms with Crippen molar-refractivity contribution in [2.24, 2.45) is 0 Å². The Morgan fingerprint density at radius 2 is 2.20 bits per heavy atom. The number of aromatic nitrogens is 2. The van der Waals surface area contributed by atoms with Crippen LogP contribution in [0.3, 0.4) is 0 Å². The molecule has 6 nitrogen and oxygen atoms in total. The number of hydrogen-bond donors (Lipinski definition) is 1. The Balaban J connectivity index is 2.55. The number of imidazole rings is 1. The molecule has 2 aromatic rings. The molecule has 0 spiro atoms. The second-order valence-corrected chi connectivity index (χ2v) is 7.21. The molecular weight excluding hydrogens is 296 g/mol. The zero-order chi connectivity index (χ0) is 14.8. The van der Waals surface area contributed by atoms with Crippen LogP contribution < -0.4 is 5.32 Å². The molecule has 8 heteroatoms. The number of fused-ring (bicyclic) bond motifs is 1. The third-order valence-corrected chi connectivity index (χ3v) is 5.46. The molecule has 0 aromatic carbocycles. The molecule has 0 saturated carbocycles. The molecular formula is C12H18N4O2S2. The van der Waals surface area contributed by atoms with Gasteiger partial charge in [-0.3, -0.25) is 4.40 Å². The van der Waals surface area contributed by atoms with Gasteiger partial charge in [0.15, 0.2) is 10.8 Å². The fraction of sp³-hybridized carbons (Fsp3) is 0.417. The van der Waals surface area contributed by atoms with E-state index in [1.54, 1.807) is 48.6 Å². The van der Waals surface area contributed by atoms with Crippen molar-refractivity contribution in [2.75, 3.05) is 38.0 Å². The quantitative estimate of drug-likeness (QED) is 0.872. The van der Waals surface area contributed by atoms with E-state index in [0.717, 1.165) is 5.75 Å². The van der Waals surface area contributed by atoms with E-state index in [9.17, 15) is 8.42 Å². The zero-order valence-corrected chi connectivity index (χ0v) is 13.3. The Bertz CT molecular complexity index is 697. The molecule has 110 valence electrons. The normalized spacial score (nSPS) is 12.2. The van der Waals surface area contributed by atoms with Crippen LogP contribution in [-0.2, 0) is 10.0 Å². The Hall–Kier alpha value is -1.25. The monoisotopic (exact) mass is 314 g/mol. The number of nitrogens with zero attached hydrogens (tertiary/aromatic N) is 3. The topological polar surface area (TPSA) is 66.7 Å². The fourth-order valence-corrected chi connectivity index (χ4v) is 3.86. The maximum Gasteiger partial charge on any atom is 0.262 e. The van der Waals surface area contributed by atoms with Crippen LogP contribution in [0, 0.1) is 0 Å². The molecule has 0 amide bonds. The van der Waals surface area contributed by atoms with Crippen molar-refractivity contribution in [3.63, 3.8) is 0 Å². The second-order valence-electron chi connectivity index (χ2n) is 4.26. The first-order valence-corrected chi connectivity index (χ1v) is 8.96. The molecule has 20 heavy (non-hydrogen) atoms. The third kappa shape index (κ3) is 2.63. The molecule has 0 radical (unpaired) electrons. The van der Waals surface area contributed by atoms with Crippen LogP contribution in [0.5, 0.6) is 0 Å². The van der Waals surface area contributed by atoms with Crippen LogP contribution in [0.2, 0.25) is 0 Å². The number of rotatable bonds is 6. The van der Waals surface area contributed by atoms with Crippen LogP contribution in [0.4, 0.5) is 5.82 Å². The summed E-state index contributed by atoms with van der Waals surface area (Å²) < 4.78 is 28.4. The van der Waals surface area contributed by atoms with E-state index in [-0.39, 0.29) is 5.03 Å². The second kappa shape index (κ2) is 6.02. The smallest absolute Gasteiger partial charge is 0.262 e. The van der Waals surface area contributed by atoms with Gasteiger partial charge in [-0.1, -0.05) is 6.07 Å². The average molecular weight is 314 g/mol. The number of hydrogen-bond acceptors (Lipinski definition) is 5.